The molecule has 1 aromatic rings. The minimum absolute atomic E-state index is 0.0895. The summed E-state index contributed by atoms with van der Waals surface area (Å²) in [6.07, 6.45) is 4.49. The molecule has 1 heterocycles. The van der Waals surface area contributed by atoms with Gasteiger partial charge in [0.05, 0.1) is 5.41 Å². The standard InChI is InChI=1S/C12H22N4O/c1-9-4-6-12(8-13,7-5-9)10-14-11(15-17-10)16(2)3/h9H,4-8,13H2,1-3H3. The Morgan fingerprint density at radius 3 is 2.53 bits per heavy atom. The summed E-state index contributed by atoms with van der Waals surface area (Å²) < 4.78 is 5.41. The summed E-state index contributed by atoms with van der Waals surface area (Å²) in [6, 6.07) is 0. The van der Waals surface area contributed by atoms with Gasteiger partial charge in [0.25, 0.3) is 5.95 Å². The monoisotopic (exact) mass is 238 g/mol. The third-order valence-electron chi connectivity index (χ3n) is 3.89. The molecule has 5 nitrogen and oxygen atoms in total. The van der Waals surface area contributed by atoms with Crippen LogP contribution in [0.4, 0.5) is 5.95 Å². The molecule has 0 amide bonds. The Morgan fingerprint density at radius 1 is 1.41 bits per heavy atom. The zero-order valence-electron chi connectivity index (χ0n) is 10.9. The van der Waals surface area contributed by atoms with Crippen molar-refractivity contribution in [1.82, 2.24) is 10.1 Å². The quantitative estimate of drug-likeness (QED) is 0.865. The van der Waals surface area contributed by atoms with Crippen molar-refractivity contribution >= 4 is 5.95 Å². The summed E-state index contributed by atoms with van der Waals surface area (Å²) >= 11 is 0. The first kappa shape index (κ1) is 12.4. The topological polar surface area (TPSA) is 68.2 Å². The third-order valence-corrected chi connectivity index (χ3v) is 3.89. The fraction of sp³-hybridized carbons (Fsp3) is 0.833. The average molecular weight is 238 g/mol. The highest BCUT2D eigenvalue weighted by Crippen LogP contribution is 2.40. The molecule has 2 rings (SSSR count). The molecule has 0 atom stereocenters. The van der Waals surface area contributed by atoms with E-state index in [4.69, 9.17) is 10.3 Å². The Hall–Kier alpha value is -1.10. The van der Waals surface area contributed by atoms with E-state index < -0.39 is 0 Å². The first-order chi connectivity index (χ1) is 8.07. The fourth-order valence-corrected chi connectivity index (χ4v) is 2.43. The summed E-state index contributed by atoms with van der Waals surface area (Å²) in [7, 11) is 3.82. The molecule has 17 heavy (non-hydrogen) atoms. The minimum Gasteiger partial charge on any atom is -0.344 e. The Balaban J connectivity index is 2.22. The first-order valence-corrected chi connectivity index (χ1v) is 6.29. The van der Waals surface area contributed by atoms with Gasteiger partial charge in [-0.2, -0.15) is 4.98 Å². The van der Waals surface area contributed by atoms with Crippen molar-refractivity contribution in [2.45, 2.75) is 38.0 Å². The van der Waals surface area contributed by atoms with Gasteiger partial charge in [-0.05, 0) is 36.8 Å². The Labute approximate surface area is 102 Å². The van der Waals surface area contributed by atoms with Gasteiger partial charge in [-0.15, -0.1) is 0 Å². The van der Waals surface area contributed by atoms with E-state index in [9.17, 15) is 0 Å². The predicted molar refractivity (Wildman–Crippen MR) is 67.0 cm³/mol. The third kappa shape index (κ3) is 2.29. The van der Waals surface area contributed by atoms with Gasteiger partial charge < -0.3 is 15.2 Å². The molecule has 0 unspecified atom stereocenters. The van der Waals surface area contributed by atoms with Crippen LogP contribution >= 0.6 is 0 Å². The van der Waals surface area contributed by atoms with E-state index in [1.165, 1.54) is 12.8 Å². The molecule has 1 aliphatic carbocycles. The second-order valence-electron chi connectivity index (χ2n) is 5.46. The van der Waals surface area contributed by atoms with Crippen LogP contribution in [0.3, 0.4) is 0 Å². The van der Waals surface area contributed by atoms with Gasteiger partial charge in [-0.25, -0.2) is 0 Å². The molecule has 0 bridgehead atoms. The Kier molecular flexibility index (Phi) is 3.38. The molecule has 1 fully saturated rings. The smallest absolute Gasteiger partial charge is 0.265 e. The van der Waals surface area contributed by atoms with Crippen LogP contribution in [0.25, 0.3) is 0 Å². The number of aromatic nitrogens is 2. The lowest BCUT2D eigenvalue weighted by molar-refractivity contribution is 0.191. The minimum atomic E-state index is -0.0895. The zero-order valence-corrected chi connectivity index (χ0v) is 10.9. The van der Waals surface area contributed by atoms with Gasteiger partial charge in [-0.1, -0.05) is 6.92 Å². The largest absolute Gasteiger partial charge is 0.344 e. The van der Waals surface area contributed by atoms with E-state index in [1.807, 2.05) is 19.0 Å². The molecule has 5 heteroatoms. The molecule has 0 spiro atoms. The number of anilines is 1. The number of nitrogens with zero attached hydrogens (tertiary/aromatic N) is 3. The second kappa shape index (κ2) is 4.64. The van der Waals surface area contributed by atoms with E-state index >= 15 is 0 Å². The molecular formula is C12H22N4O. The van der Waals surface area contributed by atoms with Crippen LogP contribution in [0.15, 0.2) is 4.52 Å². The van der Waals surface area contributed by atoms with Crippen LogP contribution in [-0.4, -0.2) is 30.8 Å². The highest BCUT2D eigenvalue weighted by atomic mass is 16.5. The molecule has 1 saturated carbocycles. The van der Waals surface area contributed by atoms with Crippen molar-refractivity contribution in [3.05, 3.63) is 5.89 Å². The Morgan fingerprint density at radius 2 is 2.06 bits per heavy atom. The van der Waals surface area contributed by atoms with Crippen molar-refractivity contribution in [2.75, 3.05) is 25.5 Å². The first-order valence-electron chi connectivity index (χ1n) is 6.29. The Bertz CT molecular complexity index is 366. The maximum absolute atomic E-state index is 5.96. The van der Waals surface area contributed by atoms with E-state index in [0.717, 1.165) is 24.7 Å². The lowest BCUT2D eigenvalue weighted by Gasteiger charge is -2.35. The molecule has 0 saturated heterocycles. The summed E-state index contributed by atoms with van der Waals surface area (Å²) in [5.74, 6) is 2.13. The van der Waals surface area contributed by atoms with Gasteiger partial charge in [0.2, 0.25) is 5.89 Å². The number of hydrogen-bond acceptors (Lipinski definition) is 5. The van der Waals surface area contributed by atoms with Gasteiger partial charge >= 0.3 is 0 Å². The van der Waals surface area contributed by atoms with Crippen LogP contribution in [0.1, 0.15) is 38.5 Å². The van der Waals surface area contributed by atoms with E-state index in [1.54, 1.807) is 0 Å². The van der Waals surface area contributed by atoms with Crippen LogP contribution in [-0.2, 0) is 5.41 Å². The lowest BCUT2D eigenvalue weighted by Crippen LogP contribution is -2.39. The molecule has 1 aliphatic rings. The predicted octanol–water partition coefficient (Wildman–Crippen LogP) is 1.54. The van der Waals surface area contributed by atoms with Crippen LogP contribution in [0.5, 0.6) is 0 Å². The maximum atomic E-state index is 5.96. The molecule has 0 radical (unpaired) electrons. The van der Waals surface area contributed by atoms with Crippen molar-refractivity contribution in [1.29, 1.82) is 0 Å². The van der Waals surface area contributed by atoms with Crippen molar-refractivity contribution in [3.63, 3.8) is 0 Å². The highest BCUT2D eigenvalue weighted by Gasteiger charge is 2.39. The van der Waals surface area contributed by atoms with Gasteiger partial charge in [0, 0.05) is 20.6 Å². The summed E-state index contributed by atoms with van der Waals surface area (Å²) in [5.41, 5.74) is 5.87. The molecule has 0 aliphatic heterocycles. The van der Waals surface area contributed by atoms with Gasteiger partial charge in [0.15, 0.2) is 0 Å². The van der Waals surface area contributed by atoms with Crippen LogP contribution in [0, 0.1) is 5.92 Å². The average Bonchev–Trinajstić information content (AvgIpc) is 2.81. The molecule has 96 valence electrons. The number of nitrogens with two attached hydrogens (primary N) is 1. The van der Waals surface area contributed by atoms with Crippen molar-refractivity contribution in [2.24, 2.45) is 11.7 Å². The normalized spacial score (nSPS) is 29.3. The fourth-order valence-electron chi connectivity index (χ4n) is 2.43. The number of hydrogen-bond donors (Lipinski definition) is 1. The second-order valence-corrected chi connectivity index (χ2v) is 5.46. The SMILES string of the molecule is CC1CCC(CN)(c2nc(N(C)C)no2)CC1. The maximum Gasteiger partial charge on any atom is 0.265 e. The van der Waals surface area contributed by atoms with Crippen LogP contribution in [0.2, 0.25) is 0 Å². The zero-order chi connectivity index (χ0) is 12.5. The summed E-state index contributed by atoms with van der Waals surface area (Å²) in [5, 5.41) is 3.99. The van der Waals surface area contributed by atoms with Gasteiger partial charge in [-0.3, -0.25) is 0 Å². The lowest BCUT2D eigenvalue weighted by atomic mass is 9.71. The van der Waals surface area contributed by atoms with E-state index in [2.05, 4.69) is 17.1 Å². The van der Waals surface area contributed by atoms with Crippen molar-refractivity contribution in [3.8, 4) is 0 Å². The summed E-state index contributed by atoms with van der Waals surface area (Å²) in [4.78, 5) is 6.32. The van der Waals surface area contributed by atoms with E-state index in [-0.39, 0.29) is 5.41 Å². The molecule has 1 aromatic heterocycles. The van der Waals surface area contributed by atoms with E-state index in [0.29, 0.717) is 12.5 Å². The molecular weight excluding hydrogens is 216 g/mol. The van der Waals surface area contributed by atoms with Crippen molar-refractivity contribution < 1.29 is 4.52 Å². The van der Waals surface area contributed by atoms with Crippen LogP contribution < -0.4 is 10.6 Å². The number of rotatable bonds is 3. The van der Waals surface area contributed by atoms with Gasteiger partial charge in [0.1, 0.15) is 0 Å². The summed E-state index contributed by atoms with van der Waals surface area (Å²) in [6.45, 7) is 2.88. The molecule has 2 N–H and O–H groups in total. The molecule has 0 aromatic carbocycles. The highest BCUT2D eigenvalue weighted by molar-refractivity contribution is 5.26.